The first-order valence-electron chi connectivity index (χ1n) is 8.80. The van der Waals surface area contributed by atoms with Crippen molar-refractivity contribution in [3.05, 3.63) is 35.9 Å². The summed E-state index contributed by atoms with van der Waals surface area (Å²) in [5.41, 5.74) is 0.156. The summed E-state index contributed by atoms with van der Waals surface area (Å²) in [4.78, 5) is 46.9. The van der Waals surface area contributed by atoms with Crippen molar-refractivity contribution in [1.29, 1.82) is 0 Å². The van der Waals surface area contributed by atoms with Crippen LogP contribution < -0.4 is 16.0 Å². The van der Waals surface area contributed by atoms with Gasteiger partial charge in [-0.15, -0.1) is 0 Å². The van der Waals surface area contributed by atoms with Crippen LogP contribution in [0.1, 0.15) is 33.3 Å². The molecule has 9 heteroatoms. The Morgan fingerprint density at radius 1 is 1.00 bits per heavy atom. The van der Waals surface area contributed by atoms with E-state index in [-0.39, 0.29) is 19.7 Å². The number of benzene rings is 1. The number of carbonyl (C=O) groups is 4. The molecule has 0 bridgehead atoms. The second-order valence-electron chi connectivity index (χ2n) is 7.01. The van der Waals surface area contributed by atoms with E-state index in [0.717, 1.165) is 5.56 Å². The van der Waals surface area contributed by atoms with Gasteiger partial charge in [0.15, 0.2) is 0 Å². The number of nitrogens with one attached hydrogen (secondary N) is 3. The van der Waals surface area contributed by atoms with E-state index in [1.165, 1.54) is 6.92 Å². The quantitative estimate of drug-likeness (QED) is 0.564. The third-order valence-corrected chi connectivity index (χ3v) is 3.21. The lowest BCUT2D eigenvalue weighted by Crippen LogP contribution is -2.49. The predicted octanol–water partition coefficient (Wildman–Crippen LogP) is 0.875. The van der Waals surface area contributed by atoms with Crippen molar-refractivity contribution in [2.45, 2.75) is 45.9 Å². The van der Waals surface area contributed by atoms with Gasteiger partial charge in [0.05, 0.1) is 0 Å². The number of esters is 1. The van der Waals surface area contributed by atoms with Crippen molar-refractivity contribution in [3.63, 3.8) is 0 Å². The standard InChI is InChI=1S/C19H27N3O6/c1-13(22-15(23)10-21-18(26)28-19(2,3)4)17(25)20-11-16(24)27-12-14-8-6-5-7-9-14/h5-9,13H,10-12H2,1-4H3,(H,20,25)(H,21,26)(H,22,23)/t13-/m0/s1. The van der Waals surface area contributed by atoms with Crippen molar-refractivity contribution in [1.82, 2.24) is 16.0 Å². The third kappa shape index (κ3) is 10.1. The number of rotatable bonds is 8. The van der Waals surface area contributed by atoms with Crippen LogP contribution in [0.2, 0.25) is 0 Å². The van der Waals surface area contributed by atoms with E-state index >= 15 is 0 Å². The van der Waals surface area contributed by atoms with Gasteiger partial charge in [-0.05, 0) is 33.3 Å². The molecule has 9 nitrogen and oxygen atoms in total. The Hall–Kier alpha value is -3.10. The number of hydrogen-bond donors (Lipinski definition) is 3. The number of hydrogen-bond acceptors (Lipinski definition) is 6. The van der Waals surface area contributed by atoms with E-state index in [9.17, 15) is 19.2 Å². The van der Waals surface area contributed by atoms with E-state index in [1.807, 2.05) is 30.3 Å². The Bertz CT molecular complexity index is 685. The lowest BCUT2D eigenvalue weighted by Gasteiger charge is -2.20. The fourth-order valence-corrected chi connectivity index (χ4v) is 1.93. The molecule has 1 aromatic rings. The number of alkyl carbamates (subject to hydrolysis) is 1. The Morgan fingerprint density at radius 3 is 2.25 bits per heavy atom. The van der Waals surface area contributed by atoms with Gasteiger partial charge in [-0.1, -0.05) is 30.3 Å². The van der Waals surface area contributed by atoms with Gasteiger partial charge in [-0.2, -0.15) is 0 Å². The Labute approximate surface area is 164 Å². The molecular weight excluding hydrogens is 366 g/mol. The van der Waals surface area contributed by atoms with E-state index in [4.69, 9.17) is 9.47 Å². The zero-order chi connectivity index (χ0) is 21.2. The van der Waals surface area contributed by atoms with E-state index in [2.05, 4.69) is 16.0 Å². The summed E-state index contributed by atoms with van der Waals surface area (Å²) in [6.07, 6.45) is -0.735. The maximum Gasteiger partial charge on any atom is 0.408 e. The van der Waals surface area contributed by atoms with Gasteiger partial charge in [0.2, 0.25) is 11.8 Å². The van der Waals surface area contributed by atoms with Crippen LogP contribution in [0.5, 0.6) is 0 Å². The molecule has 154 valence electrons. The first-order valence-corrected chi connectivity index (χ1v) is 8.80. The van der Waals surface area contributed by atoms with E-state index in [1.54, 1.807) is 20.8 Å². The molecule has 1 atom stereocenters. The molecule has 0 unspecified atom stereocenters. The highest BCUT2D eigenvalue weighted by molar-refractivity contribution is 5.90. The molecule has 28 heavy (non-hydrogen) atoms. The minimum atomic E-state index is -0.894. The van der Waals surface area contributed by atoms with Gasteiger partial charge in [0.25, 0.3) is 0 Å². The van der Waals surface area contributed by atoms with Crippen molar-refractivity contribution >= 4 is 23.9 Å². The molecule has 0 aliphatic carbocycles. The number of amides is 3. The summed E-state index contributed by atoms with van der Waals surface area (Å²) in [5, 5.41) is 7.07. The van der Waals surface area contributed by atoms with Crippen LogP contribution in [-0.4, -0.2) is 48.6 Å². The van der Waals surface area contributed by atoms with E-state index < -0.39 is 35.5 Å². The summed E-state index contributed by atoms with van der Waals surface area (Å²) in [5.74, 6) is -1.72. The zero-order valence-corrected chi connectivity index (χ0v) is 16.5. The normalized spacial score (nSPS) is 11.7. The molecule has 0 heterocycles. The second-order valence-corrected chi connectivity index (χ2v) is 7.01. The summed E-state index contributed by atoms with van der Waals surface area (Å²) in [7, 11) is 0. The van der Waals surface area contributed by atoms with Crippen LogP contribution >= 0.6 is 0 Å². The number of carbonyl (C=O) groups excluding carboxylic acids is 4. The molecule has 0 saturated carbocycles. The maximum absolute atomic E-state index is 11.9. The minimum absolute atomic E-state index is 0.109. The topological polar surface area (TPSA) is 123 Å². The van der Waals surface area contributed by atoms with Crippen LogP contribution in [0.15, 0.2) is 30.3 Å². The Kier molecular flexibility index (Phi) is 8.94. The predicted molar refractivity (Wildman–Crippen MR) is 101 cm³/mol. The van der Waals surface area contributed by atoms with Gasteiger partial charge in [-0.3, -0.25) is 14.4 Å². The summed E-state index contributed by atoms with van der Waals surface area (Å²) in [6, 6.07) is 8.24. The molecule has 3 amide bonds. The smallest absolute Gasteiger partial charge is 0.408 e. The first kappa shape index (κ1) is 22.9. The first-order chi connectivity index (χ1) is 13.1. The van der Waals surface area contributed by atoms with Gasteiger partial charge in [0, 0.05) is 0 Å². The van der Waals surface area contributed by atoms with Crippen LogP contribution in [0.25, 0.3) is 0 Å². The third-order valence-electron chi connectivity index (χ3n) is 3.21. The second kappa shape index (κ2) is 10.9. The highest BCUT2D eigenvalue weighted by atomic mass is 16.6. The fourth-order valence-electron chi connectivity index (χ4n) is 1.93. The average molecular weight is 393 g/mol. The molecule has 0 fully saturated rings. The molecule has 0 radical (unpaired) electrons. The lowest BCUT2D eigenvalue weighted by molar-refractivity contribution is -0.145. The molecule has 1 aromatic carbocycles. The minimum Gasteiger partial charge on any atom is -0.460 e. The van der Waals surface area contributed by atoms with Crippen LogP contribution in [0.4, 0.5) is 4.79 Å². The SMILES string of the molecule is C[C@H](NC(=O)CNC(=O)OC(C)(C)C)C(=O)NCC(=O)OCc1ccccc1. The van der Waals surface area contributed by atoms with Crippen molar-refractivity contribution in [3.8, 4) is 0 Å². The average Bonchev–Trinajstić information content (AvgIpc) is 2.62. The van der Waals surface area contributed by atoms with Crippen LogP contribution in [0, 0.1) is 0 Å². The molecule has 3 N–H and O–H groups in total. The highest BCUT2D eigenvalue weighted by Gasteiger charge is 2.19. The molecule has 0 aromatic heterocycles. The highest BCUT2D eigenvalue weighted by Crippen LogP contribution is 2.06. The fraction of sp³-hybridized carbons (Fsp3) is 0.474. The molecular formula is C19H27N3O6. The van der Waals surface area contributed by atoms with Crippen molar-refractivity contribution in [2.24, 2.45) is 0 Å². The van der Waals surface area contributed by atoms with Crippen molar-refractivity contribution in [2.75, 3.05) is 13.1 Å². The Balaban J connectivity index is 2.25. The Morgan fingerprint density at radius 2 is 1.64 bits per heavy atom. The monoisotopic (exact) mass is 393 g/mol. The summed E-state index contributed by atoms with van der Waals surface area (Å²) < 4.78 is 10.0. The van der Waals surface area contributed by atoms with Gasteiger partial charge in [0.1, 0.15) is 31.3 Å². The van der Waals surface area contributed by atoms with Gasteiger partial charge >= 0.3 is 12.1 Å². The van der Waals surface area contributed by atoms with Crippen LogP contribution in [-0.2, 0) is 30.5 Å². The molecule has 0 aliphatic rings. The van der Waals surface area contributed by atoms with Crippen LogP contribution in [0.3, 0.4) is 0 Å². The van der Waals surface area contributed by atoms with E-state index in [0.29, 0.717) is 0 Å². The summed E-state index contributed by atoms with van der Waals surface area (Å²) in [6.45, 7) is 6.00. The van der Waals surface area contributed by atoms with Crippen molar-refractivity contribution < 1.29 is 28.7 Å². The molecule has 1 rings (SSSR count). The van der Waals surface area contributed by atoms with Gasteiger partial charge < -0.3 is 25.4 Å². The summed E-state index contributed by atoms with van der Waals surface area (Å²) >= 11 is 0. The molecule has 0 saturated heterocycles. The zero-order valence-electron chi connectivity index (χ0n) is 16.5. The van der Waals surface area contributed by atoms with Gasteiger partial charge in [-0.25, -0.2) is 4.79 Å². The molecule has 0 aliphatic heterocycles. The molecule has 0 spiro atoms. The number of ether oxygens (including phenoxy) is 2. The largest absolute Gasteiger partial charge is 0.460 e. The lowest BCUT2D eigenvalue weighted by atomic mass is 10.2. The maximum atomic E-state index is 11.9.